The molecule has 16 heavy (non-hydrogen) atoms. The van der Waals surface area contributed by atoms with Crippen molar-refractivity contribution in [1.82, 2.24) is 0 Å². The standard InChI is InChI=1S/C13H20N2O/c1-9(2)10-7-15(8-10)13-5-4-11(16-3)6-12(13)14/h4-6,9-10H,7-8,14H2,1-3H3. The van der Waals surface area contributed by atoms with Crippen molar-refractivity contribution in [3.8, 4) is 5.75 Å². The third kappa shape index (κ3) is 1.94. The molecule has 1 aliphatic rings. The predicted molar refractivity (Wildman–Crippen MR) is 67.9 cm³/mol. The molecule has 0 unspecified atom stereocenters. The van der Waals surface area contributed by atoms with E-state index >= 15 is 0 Å². The van der Waals surface area contributed by atoms with E-state index in [1.54, 1.807) is 7.11 Å². The summed E-state index contributed by atoms with van der Waals surface area (Å²) in [6, 6.07) is 5.90. The minimum atomic E-state index is 0.760. The average Bonchev–Trinajstić information content (AvgIpc) is 2.17. The zero-order chi connectivity index (χ0) is 11.7. The topological polar surface area (TPSA) is 38.5 Å². The summed E-state index contributed by atoms with van der Waals surface area (Å²) in [5.74, 6) is 2.39. The van der Waals surface area contributed by atoms with Gasteiger partial charge in [-0.05, 0) is 24.0 Å². The fourth-order valence-corrected chi connectivity index (χ4v) is 2.08. The molecule has 0 saturated carbocycles. The summed E-state index contributed by atoms with van der Waals surface area (Å²) < 4.78 is 5.14. The summed E-state index contributed by atoms with van der Waals surface area (Å²) in [6.45, 7) is 6.79. The van der Waals surface area contributed by atoms with Gasteiger partial charge >= 0.3 is 0 Å². The van der Waals surface area contributed by atoms with Crippen LogP contribution in [0.5, 0.6) is 5.75 Å². The Bertz CT molecular complexity index is 370. The molecule has 0 aliphatic carbocycles. The van der Waals surface area contributed by atoms with Gasteiger partial charge in [-0.1, -0.05) is 13.8 Å². The molecule has 0 aromatic heterocycles. The highest BCUT2D eigenvalue weighted by molar-refractivity contribution is 5.70. The maximum Gasteiger partial charge on any atom is 0.121 e. The van der Waals surface area contributed by atoms with Crippen molar-refractivity contribution < 1.29 is 4.74 Å². The molecular weight excluding hydrogens is 200 g/mol. The van der Waals surface area contributed by atoms with E-state index in [0.717, 1.165) is 42.0 Å². The molecule has 2 rings (SSSR count). The average molecular weight is 220 g/mol. The van der Waals surface area contributed by atoms with Gasteiger partial charge < -0.3 is 15.4 Å². The van der Waals surface area contributed by atoms with Crippen molar-refractivity contribution in [2.75, 3.05) is 30.8 Å². The number of nitrogens with two attached hydrogens (primary N) is 1. The Kier molecular flexibility index (Phi) is 2.95. The summed E-state index contributed by atoms with van der Waals surface area (Å²) in [5, 5.41) is 0. The van der Waals surface area contributed by atoms with Gasteiger partial charge in [0.15, 0.2) is 0 Å². The second kappa shape index (κ2) is 4.24. The van der Waals surface area contributed by atoms with Crippen molar-refractivity contribution in [3.05, 3.63) is 18.2 Å². The van der Waals surface area contributed by atoms with Crippen molar-refractivity contribution in [1.29, 1.82) is 0 Å². The number of nitrogen functional groups attached to an aromatic ring is 1. The first-order valence-electron chi connectivity index (χ1n) is 5.80. The van der Waals surface area contributed by atoms with Gasteiger partial charge in [-0.3, -0.25) is 0 Å². The third-order valence-corrected chi connectivity index (χ3v) is 3.43. The SMILES string of the molecule is COc1ccc(N2CC(C(C)C)C2)c(N)c1. The number of anilines is 2. The molecule has 1 heterocycles. The molecule has 1 saturated heterocycles. The van der Waals surface area contributed by atoms with Crippen LogP contribution < -0.4 is 15.4 Å². The zero-order valence-electron chi connectivity index (χ0n) is 10.2. The van der Waals surface area contributed by atoms with E-state index in [1.165, 1.54) is 0 Å². The molecule has 0 spiro atoms. The Morgan fingerprint density at radius 2 is 2.06 bits per heavy atom. The van der Waals surface area contributed by atoms with Crippen LogP contribution in [0.2, 0.25) is 0 Å². The second-order valence-corrected chi connectivity index (χ2v) is 4.83. The minimum Gasteiger partial charge on any atom is -0.497 e. The highest BCUT2D eigenvalue weighted by Crippen LogP contribution is 2.34. The fourth-order valence-electron chi connectivity index (χ4n) is 2.08. The van der Waals surface area contributed by atoms with Gasteiger partial charge in [0.2, 0.25) is 0 Å². The van der Waals surface area contributed by atoms with Crippen LogP contribution in [0.4, 0.5) is 11.4 Å². The smallest absolute Gasteiger partial charge is 0.121 e. The molecule has 1 aromatic rings. The van der Waals surface area contributed by atoms with Gasteiger partial charge in [-0.25, -0.2) is 0 Å². The maximum atomic E-state index is 6.01. The number of nitrogens with zero attached hydrogens (tertiary/aromatic N) is 1. The lowest BCUT2D eigenvalue weighted by molar-refractivity contribution is 0.310. The summed E-state index contributed by atoms with van der Waals surface area (Å²) in [5.41, 5.74) is 7.95. The lowest BCUT2D eigenvalue weighted by Gasteiger charge is -2.43. The maximum absolute atomic E-state index is 6.01. The highest BCUT2D eigenvalue weighted by Gasteiger charge is 2.30. The van der Waals surface area contributed by atoms with E-state index < -0.39 is 0 Å². The first kappa shape index (κ1) is 11.1. The van der Waals surface area contributed by atoms with E-state index in [9.17, 15) is 0 Å². The van der Waals surface area contributed by atoms with Crippen LogP contribution >= 0.6 is 0 Å². The summed E-state index contributed by atoms with van der Waals surface area (Å²) in [6.07, 6.45) is 0. The molecule has 88 valence electrons. The Balaban J connectivity index is 2.06. The summed E-state index contributed by atoms with van der Waals surface area (Å²) in [7, 11) is 1.66. The molecule has 0 amide bonds. The van der Waals surface area contributed by atoms with Crippen LogP contribution in [0.3, 0.4) is 0 Å². The van der Waals surface area contributed by atoms with Gasteiger partial charge in [0.05, 0.1) is 18.5 Å². The van der Waals surface area contributed by atoms with Gasteiger partial charge in [-0.15, -0.1) is 0 Å². The Morgan fingerprint density at radius 1 is 1.38 bits per heavy atom. The van der Waals surface area contributed by atoms with Gasteiger partial charge in [0, 0.05) is 19.2 Å². The predicted octanol–water partition coefficient (Wildman–Crippen LogP) is 2.37. The van der Waals surface area contributed by atoms with Crippen molar-refractivity contribution >= 4 is 11.4 Å². The molecule has 1 fully saturated rings. The van der Waals surface area contributed by atoms with E-state index in [4.69, 9.17) is 10.5 Å². The van der Waals surface area contributed by atoms with Crippen molar-refractivity contribution in [3.63, 3.8) is 0 Å². The van der Waals surface area contributed by atoms with Crippen molar-refractivity contribution in [2.45, 2.75) is 13.8 Å². The van der Waals surface area contributed by atoms with Gasteiger partial charge in [0.1, 0.15) is 5.75 Å². The lowest BCUT2D eigenvalue weighted by atomic mass is 9.88. The van der Waals surface area contributed by atoms with Crippen LogP contribution in [-0.4, -0.2) is 20.2 Å². The highest BCUT2D eigenvalue weighted by atomic mass is 16.5. The summed E-state index contributed by atoms with van der Waals surface area (Å²) >= 11 is 0. The van der Waals surface area contributed by atoms with Gasteiger partial charge in [0.25, 0.3) is 0 Å². The number of methoxy groups -OCH3 is 1. The Labute approximate surface area is 97.2 Å². The van der Waals surface area contributed by atoms with E-state index in [0.29, 0.717) is 0 Å². The molecule has 1 aliphatic heterocycles. The molecule has 3 nitrogen and oxygen atoms in total. The molecule has 0 bridgehead atoms. The monoisotopic (exact) mass is 220 g/mol. The molecule has 2 N–H and O–H groups in total. The second-order valence-electron chi connectivity index (χ2n) is 4.83. The number of benzene rings is 1. The van der Waals surface area contributed by atoms with Crippen LogP contribution in [0, 0.1) is 11.8 Å². The number of rotatable bonds is 3. The number of hydrogen-bond donors (Lipinski definition) is 1. The third-order valence-electron chi connectivity index (χ3n) is 3.43. The first-order chi connectivity index (χ1) is 7.61. The number of ether oxygens (including phenoxy) is 1. The molecular formula is C13H20N2O. The lowest BCUT2D eigenvalue weighted by Crippen LogP contribution is -2.49. The van der Waals surface area contributed by atoms with Crippen LogP contribution in [0.15, 0.2) is 18.2 Å². The summed E-state index contributed by atoms with van der Waals surface area (Å²) in [4.78, 5) is 2.33. The molecule has 3 heteroatoms. The Hall–Kier alpha value is -1.38. The van der Waals surface area contributed by atoms with Crippen molar-refractivity contribution in [2.24, 2.45) is 11.8 Å². The quantitative estimate of drug-likeness (QED) is 0.795. The van der Waals surface area contributed by atoms with Crippen LogP contribution in [0.1, 0.15) is 13.8 Å². The molecule has 1 aromatic carbocycles. The minimum absolute atomic E-state index is 0.760. The molecule has 0 atom stereocenters. The van der Waals surface area contributed by atoms with E-state index in [2.05, 4.69) is 18.7 Å². The molecule has 0 radical (unpaired) electrons. The Morgan fingerprint density at radius 3 is 2.56 bits per heavy atom. The number of hydrogen-bond acceptors (Lipinski definition) is 3. The van der Waals surface area contributed by atoms with E-state index in [-0.39, 0.29) is 0 Å². The largest absolute Gasteiger partial charge is 0.497 e. The van der Waals surface area contributed by atoms with Crippen LogP contribution in [-0.2, 0) is 0 Å². The van der Waals surface area contributed by atoms with Crippen LogP contribution in [0.25, 0.3) is 0 Å². The van der Waals surface area contributed by atoms with Gasteiger partial charge in [-0.2, -0.15) is 0 Å². The van der Waals surface area contributed by atoms with E-state index in [1.807, 2.05) is 18.2 Å². The fraction of sp³-hybridized carbons (Fsp3) is 0.538. The first-order valence-corrected chi connectivity index (χ1v) is 5.80. The normalized spacial score (nSPS) is 16.4. The zero-order valence-corrected chi connectivity index (χ0v) is 10.2.